The fourth-order valence-electron chi connectivity index (χ4n) is 2.45. The third-order valence-electron chi connectivity index (χ3n) is 4.18. The Kier molecular flexibility index (Phi) is 5.54. The number of carbonyl (C=O) groups excluding carboxylic acids is 1. The molecule has 5 heteroatoms. The molecule has 0 aliphatic rings. The second-order valence-corrected chi connectivity index (χ2v) is 6.60. The number of benzene rings is 2. The monoisotopic (exact) mass is 365 g/mol. The summed E-state index contributed by atoms with van der Waals surface area (Å²) in [4.78, 5) is 16.7. The zero-order valence-electron chi connectivity index (χ0n) is 14.7. The van der Waals surface area contributed by atoms with Gasteiger partial charge in [0.05, 0.1) is 11.9 Å². The zero-order chi connectivity index (χ0) is 18.5. The van der Waals surface area contributed by atoms with Crippen molar-refractivity contribution in [2.45, 2.75) is 20.4 Å². The number of anilines is 2. The Hall–Kier alpha value is -2.85. The van der Waals surface area contributed by atoms with Gasteiger partial charge in [0.25, 0.3) is 5.91 Å². The van der Waals surface area contributed by atoms with Crippen molar-refractivity contribution in [2.75, 3.05) is 10.6 Å². The number of nitrogens with one attached hydrogen (secondary N) is 2. The highest BCUT2D eigenvalue weighted by molar-refractivity contribution is 6.30. The van der Waals surface area contributed by atoms with Crippen LogP contribution in [-0.2, 0) is 6.54 Å². The molecule has 3 aromatic rings. The number of amides is 1. The first-order valence-corrected chi connectivity index (χ1v) is 8.72. The number of aryl methyl sites for hydroxylation is 2. The Morgan fingerprint density at radius 1 is 1.00 bits per heavy atom. The molecule has 3 rings (SSSR count). The van der Waals surface area contributed by atoms with E-state index in [0.29, 0.717) is 17.8 Å². The van der Waals surface area contributed by atoms with Crippen molar-refractivity contribution in [3.8, 4) is 0 Å². The number of nitrogens with zero attached hydrogens (tertiary/aromatic N) is 1. The number of hydrogen-bond acceptors (Lipinski definition) is 3. The Labute approximate surface area is 158 Å². The van der Waals surface area contributed by atoms with Crippen LogP contribution in [0.2, 0.25) is 5.02 Å². The molecule has 0 aliphatic heterocycles. The number of pyridine rings is 1. The normalized spacial score (nSPS) is 10.4. The summed E-state index contributed by atoms with van der Waals surface area (Å²) >= 11 is 5.88. The first kappa shape index (κ1) is 18.0. The Morgan fingerprint density at radius 3 is 2.42 bits per heavy atom. The number of carbonyl (C=O) groups is 1. The van der Waals surface area contributed by atoms with Crippen molar-refractivity contribution in [1.29, 1.82) is 0 Å². The van der Waals surface area contributed by atoms with Crippen LogP contribution < -0.4 is 10.6 Å². The molecule has 2 N–H and O–H groups in total. The maximum Gasteiger partial charge on any atom is 0.255 e. The molecule has 0 aliphatic carbocycles. The first-order chi connectivity index (χ1) is 12.5. The molecule has 4 nitrogen and oxygen atoms in total. The van der Waals surface area contributed by atoms with Crippen LogP contribution in [0.5, 0.6) is 0 Å². The van der Waals surface area contributed by atoms with Crippen LogP contribution in [0.4, 0.5) is 11.5 Å². The van der Waals surface area contributed by atoms with Crippen molar-refractivity contribution < 1.29 is 4.79 Å². The van der Waals surface area contributed by atoms with Gasteiger partial charge in [-0.05, 0) is 66.9 Å². The van der Waals surface area contributed by atoms with Crippen molar-refractivity contribution in [1.82, 2.24) is 4.98 Å². The SMILES string of the molecule is Cc1ccc(C(=O)Nc2ccc(NCc3ccc(Cl)cc3)nc2)cc1C. The lowest BCUT2D eigenvalue weighted by atomic mass is 10.1. The molecule has 2 aromatic carbocycles. The lowest BCUT2D eigenvalue weighted by molar-refractivity contribution is 0.102. The van der Waals surface area contributed by atoms with Crippen LogP contribution in [0.25, 0.3) is 0 Å². The molecule has 1 heterocycles. The summed E-state index contributed by atoms with van der Waals surface area (Å²) in [6, 6.07) is 17.0. The average molecular weight is 366 g/mol. The number of rotatable bonds is 5. The summed E-state index contributed by atoms with van der Waals surface area (Å²) in [6.45, 7) is 4.67. The molecule has 1 aromatic heterocycles. The third kappa shape index (κ3) is 4.61. The van der Waals surface area contributed by atoms with E-state index in [1.165, 1.54) is 5.56 Å². The minimum absolute atomic E-state index is 0.142. The van der Waals surface area contributed by atoms with E-state index in [1.54, 1.807) is 6.20 Å². The van der Waals surface area contributed by atoms with Gasteiger partial charge < -0.3 is 10.6 Å². The maximum absolute atomic E-state index is 12.3. The first-order valence-electron chi connectivity index (χ1n) is 8.34. The second-order valence-electron chi connectivity index (χ2n) is 6.17. The Bertz CT molecular complexity index is 906. The van der Waals surface area contributed by atoms with Gasteiger partial charge >= 0.3 is 0 Å². The summed E-state index contributed by atoms with van der Waals surface area (Å²) in [7, 11) is 0. The van der Waals surface area contributed by atoms with E-state index in [4.69, 9.17) is 11.6 Å². The third-order valence-corrected chi connectivity index (χ3v) is 4.43. The van der Waals surface area contributed by atoms with Gasteiger partial charge in [-0.15, -0.1) is 0 Å². The quantitative estimate of drug-likeness (QED) is 0.652. The Balaban J connectivity index is 1.59. The van der Waals surface area contributed by atoms with Crippen LogP contribution in [0, 0.1) is 13.8 Å². The standard InChI is InChI=1S/C21H20ClN3O/c1-14-3-6-17(11-15(14)2)21(26)25-19-9-10-20(24-13-19)23-12-16-4-7-18(22)8-5-16/h3-11,13H,12H2,1-2H3,(H,23,24)(H,25,26). The summed E-state index contributed by atoms with van der Waals surface area (Å²) < 4.78 is 0. The molecule has 0 spiro atoms. The smallest absolute Gasteiger partial charge is 0.255 e. The van der Waals surface area contributed by atoms with Crippen molar-refractivity contribution in [2.24, 2.45) is 0 Å². The van der Waals surface area contributed by atoms with Gasteiger partial charge in [0.1, 0.15) is 5.82 Å². The topological polar surface area (TPSA) is 54.0 Å². The van der Waals surface area contributed by atoms with E-state index < -0.39 is 0 Å². The fraction of sp³-hybridized carbons (Fsp3) is 0.143. The predicted molar refractivity (Wildman–Crippen MR) is 107 cm³/mol. The van der Waals surface area contributed by atoms with Gasteiger partial charge in [-0.2, -0.15) is 0 Å². The maximum atomic E-state index is 12.3. The van der Waals surface area contributed by atoms with E-state index in [-0.39, 0.29) is 5.91 Å². The Morgan fingerprint density at radius 2 is 1.77 bits per heavy atom. The highest BCUT2D eigenvalue weighted by Crippen LogP contribution is 2.15. The lowest BCUT2D eigenvalue weighted by Gasteiger charge is -2.09. The van der Waals surface area contributed by atoms with Gasteiger partial charge in [-0.1, -0.05) is 29.8 Å². The molecule has 132 valence electrons. The molecule has 0 bridgehead atoms. The fourth-order valence-corrected chi connectivity index (χ4v) is 2.58. The van der Waals surface area contributed by atoms with Gasteiger partial charge in [0, 0.05) is 17.1 Å². The van der Waals surface area contributed by atoms with Crippen LogP contribution in [0.3, 0.4) is 0 Å². The largest absolute Gasteiger partial charge is 0.366 e. The van der Waals surface area contributed by atoms with Crippen LogP contribution in [-0.4, -0.2) is 10.9 Å². The molecule has 1 amide bonds. The van der Waals surface area contributed by atoms with Crippen LogP contribution in [0.15, 0.2) is 60.8 Å². The van der Waals surface area contributed by atoms with Gasteiger partial charge in [-0.25, -0.2) is 4.98 Å². The summed E-state index contributed by atoms with van der Waals surface area (Å²) in [5.41, 5.74) is 4.67. The van der Waals surface area contributed by atoms with E-state index in [1.807, 2.05) is 68.4 Å². The predicted octanol–water partition coefficient (Wildman–Crippen LogP) is 5.22. The lowest BCUT2D eigenvalue weighted by Crippen LogP contribution is -2.12. The molecule has 0 radical (unpaired) electrons. The van der Waals surface area contributed by atoms with Crippen molar-refractivity contribution >= 4 is 29.0 Å². The minimum Gasteiger partial charge on any atom is -0.366 e. The van der Waals surface area contributed by atoms with Crippen molar-refractivity contribution in [3.05, 3.63) is 88.1 Å². The highest BCUT2D eigenvalue weighted by Gasteiger charge is 2.07. The second kappa shape index (κ2) is 8.02. The van der Waals surface area contributed by atoms with Crippen LogP contribution in [0.1, 0.15) is 27.0 Å². The molecule has 0 atom stereocenters. The van der Waals surface area contributed by atoms with E-state index in [2.05, 4.69) is 15.6 Å². The van der Waals surface area contributed by atoms with E-state index in [9.17, 15) is 4.79 Å². The van der Waals surface area contributed by atoms with E-state index >= 15 is 0 Å². The highest BCUT2D eigenvalue weighted by atomic mass is 35.5. The summed E-state index contributed by atoms with van der Waals surface area (Å²) in [6.07, 6.45) is 1.64. The number of halogens is 1. The summed E-state index contributed by atoms with van der Waals surface area (Å²) in [5, 5.41) is 6.83. The van der Waals surface area contributed by atoms with Gasteiger partial charge in [-0.3, -0.25) is 4.79 Å². The van der Waals surface area contributed by atoms with Crippen molar-refractivity contribution in [3.63, 3.8) is 0 Å². The molecule has 0 saturated heterocycles. The molecule has 0 saturated carbocycles. The average Bonchev–Trinajstić information content (AvgIpc) is 2.64. The van der Waals surface area contributed by atoms with Gasteiger partial charge in [0.15, 0.2) is 0 Å². The molecule has 26 heavy (non-hydrogen) atoms. The van der Waals surface area contributed by atoms with Gasteiger partial charge in [0.2, 0.25) is 0 Å². The minimum atomic E-state index is -0.142. The number of hydrogen-bond donors (Lipinski definition) is 2. The van der Waals surface area contributed by atoms with Crippen LogP contribution >= 0.6 is 11.6 Å². The number of aromatic nitrogens is 1. The zero-order valence-corrected chi connectivity index (χ0v) is 15.5. The molecule has 0 unspecified atom stereocenters. The summed E-state index contributed by atoms with van der Waals surface area (Å²) in [5.74, 6) is 0.598. The van der Waals surface area contributed by atoms with E-state index in [0.717, 1.165) is 22.0 Å². The molecular formula is C21H20ClN3O. The molecular weight excluding hydrogens is 346 g/mol. The molecule has 0 fully saturated rings.